The maximum absolute atomic E-state index is 12.3. The predicted octanol–water partition coefficient (Wildman–Crippen LogP) is 2.32. The molecule has 2 aromatic heterocycles. The molecule has 0 saturated carbocycles. The Balaban J connectivity index is 2.02. The Hall–Kier alpha value is -3.24. The third kappa shape index (κ3) is 6.49. The molecule has 0 unspecified atom stereocenters. The summed E-state index contributed by atoms with van der Waals surface area (Å²) in [6, 6.07) is 4.27. The molecule has 2 aromatic rings. The molecular formula is C17H18F3N5O3. The van der Waals surface area contributed by atoms with E-state index in [9.17, 15) is 22.8 Å². The van der Waals surface area contributed by atoms with Crippen molar-refractivity contribution in [2.75, 3.05) is 11.9 Å². The molecule has 2 amide bonds. The minimum Gasteiger partial charge on any atom is -0.468 e. The van der Waals surface area contributed by atoms with E-state index in [-0.39, 0.29) is 30.0 Å². The van der Waals surface area contributed by atoms with E-state index in [1.54, 1.807) is 13.8 Å². The van der Waals surface area contributed by atoms with E-state index in [4.69, 9.17) is 0 Å². The number of pyridine rings is 1. The molecule has 2 rings (SSSR count). The Morgan fingerprint density at radius 3 is 2.46 bits per heavy atom. The van der Waals surface area contributed by atoms with Crippen molar-refractivity contribution in [1.29, 1.82) is 0 Å². The van der Waals surface area contributed by atoms with Crippen LogP contribution in [-0.2, 0) is 11.3 Å². The lowest BCUT2D eigenvalue weighted by Crippen LogP contribution is -2.25. The van der Waals surface area contributed by atoms with Crippen LogP contribution in [0.2, 0.25) is 0 Å². The molecule has 0 aliphatic heterocycles. The second-order valence-electron chi connectivity index (χ2n) is 5.88. The number of ether oxygens (including phenoxy) is 1. The van der Waals surface area contributed by atoms with E-state index in [2.05, 4.69) is 30.3 Å². The minimum atomic E-state index is -4.45. The number of rotatable bonds is 6. The quantitative estimate of drug-likeness (QED) is 0.775. The number of hydrogen-bond donors (Lipinski definition) is 2. The van der Waals surface area contributed by atoms with Crippen molar-refractivity contribution in [1.82, 2.24) is 20.3 Å². The molecule has 2 N–H and O–H groups in total. The van der Waals surface area contributed by atoms with Crippen LogP contribution in [0.3, 0.4) is 0 Å². The summed E-state index contributed by atoms with van der Waals surface area (Å²) in [4.78, 5) is 35.3. The molecule has 0 radical (unpaired) electrons. The molecule has 0 aromatic carbocycles. The van der Waals surface area contributed by atoms with Crippen LogP contribution in [0.15, 0.2) is 18.2 Å². The molecule has 0 bridgehead atoms. The van der Waals surface area contributed by atoms with Crippen LogP contribution < -0.4 is 15.4 Å². The summed E-state index contributed by atoms with van der Waals surface area (Å²) in [5, 5.41) is 5.04. The van der Waals surface area contributed by atoms with Crippen LogP contribution in [0, 0.1) is 13.8 Å². The third-order valence-corrected chi connectivity index (χ3v) is 3.37. The molecular weight excluding hydrogens is 379 g/mol. The van der Waals surface area contributed by atoms with Crippen molar-refractivity contribution in [3.05, 3.63) is 40.8 Å². The Labute approximate surface area is 158 Å². The number of halogens is 3. The van der Waals surface area contributed by atoms with Crippen LogP contribution in [0.25, 0.3) is 0 Å². The van der Waals surface area contributed by atoms with Gasteiger partial charge in [-0.05, 0) is 25.5 Å². The number of hydrogen-bond acceptors (Lipinski definition) is 6. The van der Waals surface area contributed by atoms with Gasteiger partial charge in [-0.1, -0.05) is 6.07 Å². The van der Waals surface area contributed by atoms with Gasteiger partial charge in [-0.3, -0.25) is 14.9 Å². The normalized spacial score (nSPS) is 11.1. The molecule has 2 heterocycles. The Kier molecular flexibility index (Phi) is 6.49. The van der Waals surface area contributed by atoms with E-state index in [0.717, 1.165) is 0 Å². The number of nitrogens with one attached hydrogen (secondary N) is 2. The number of carbonyl (C=O) groups is 2. The van der Waals surface area contributed by atoms with Crippen LogP contribution in [0.5, 0.6) is 5.88 Å². The van der Waals surface area contributed by atoms with E-state index in [1.807, 2.05) is 0 Å². The number of amides is 2. The highest BCUT2D eigenvalue weighted by Gasteiger charge is 2.28. The van der Waals surface area contributed by atoms with Gasteiger partial charge in [0.1, 0.15) is 5.69 Å². The fourth-order valence-electron chi connectivity index (χ4n) is 2.15. The molecule has 0 aliphatic carbocycles. The Bertz CT molecular complexity index is 887. The molecule has 150 valence electrons. The summed E-state index contributed by atoms with van der Waals surface area (Å²) in [7, 11) is 0. The van der Waals surface area contributed by atoms with Gasteiger partial charge in [0.15, 0.2) is 6.61 Å². The maximum Gasteiger partial charge on any atom is 0.422 e. The average Bonchev–Trinajstić information content (AvgIpc) is 2.57. The summed E-state index contributed by atoms with van der Waals surface area (Å²) >= 11 is 0. The van der Waals surface area contributed by atoms with Gasteiger partial charge in [-0.25, -0.2) is 15.0 Å². The van der Waals surface area contributed by atoms with Crippen LogP contribution in [-0.4, -0.2) is 39.5 Å². The zero-order chi connectivity index (χ0) is 20.9. The highest BCUT2D eigenvalue weighted by atomic mass is 19.4. The highest BCUT2D eigenvalue weighted by molar-refractivity contribution is 5.93. The van der Waals surface area contributed by atoms with Gasteiger partial charge in [0.05, 0.1) is 0 Å². The molecule has 0 atom stereocenters. The van der Waals surface area contributed by atoms with E-state index >= 15 is 0 Å². The Morgan fingerprint density at radius 1 is 1.14 bits per heavy atom. The second kappa shape index (κ2) is 8.63. The first-order valence-electron chi connectivity index (χ1n) is 8.11. The van der Waals surface area contributed by atoms with Gasteiger partial charge >= 0.3 is 6.18 Å². The molecule has 28 heavy (non-hydrogen) atoms. The number of anilines is 1. The average molecular weight is 397 g/mol. The zero-order valence-corrected chi connectivity index (χ0v) is 15.3. The number of carbonyl (C=O) groups excluding carboxylic acids is 2. The first-order chi connectivity index (χ1) is 13.0. The van der Waals surface area contributed by atoms with Gasteiger partial charge in [0.2, 0.25) is 17.7 Å². The minimum absolute atomic E-state index is 0.0154. The van der Waals surface area contributed by atoms with Crippen LogP contribution in [0.4, 0.5) is 19.1 Å². The van der Waals surface area contributed by atoms with Gasteiger partial charge < -0.3 is 10.1 Å². The van der Waals surface area contributed by atoms with Gasteiger partial charge in [0, 0.05) is 30.9 Å². The smallest absolute Gasteiger partial charge is 0.422 e. The number of aryl methyl sites for hydroxylation is 2. The fourth-order valence-corrected chi connectivity index (χ4v) is 2.15. The lowest BCUT2D eigenvalue weighted by atomic mass is 10.2. The number of alkyl halides is 3. The van der Waals surface area contributed by atoms with Crippen molar-refractivity contribution in [3.63, 3.8) is 0 Å². The van der Waals surface area contributed by atoms with Crippen molar-refractivity contribution < 1.29 is 27.5 Å². The summed E-state index contributed by atoms with van der Waals surface area (Å²) in [6.07, 6.45) is -4.45. The van der Waals surface area contributed by atoms with Crippen molar-refractivity contribution in [3.8, 4) is 5.88 Å². The largest absolute Gasteiger partial charge is 0.468 e. The van der Waals surface area contributed by atoms with E-state index < -0.39 is 18.7 Å². The SMILES string of the molecule is CC(=O)Nc1nc(C)cc(C(=O)NCc2ccc(OCC(F)(F)F)nc2C)n1. The number of nitrogens with zero attached hydrogens (tertiary/aromatic N) is 3. The second-order valence-corrected chi connectivity index (χ2v) is 5.88. The predicted molar refractivity (Wildman–Crippen MR) is 92.8 cm³/mol. The van der Waals surface area contributed by atoms with Crippen molar-refractivity contribution >= 4 is 17.8 Å². The topological polar surface area (TPSA) is 106 Å². The first-order valence-corrected chi connectivity index (χ1v) is 8.11. The molecule has 8 nitrogen and oxygen atoms in total. The standard InChI is InChI=1S/C17H18F3N5O3/c1-9-6-13(25-16(22-9)24-11(3)26)15(27)21-7-12-4-5-14(23-10(12)2)28-8-17(18,19)20/h4-6H,7-8H2,1-3H3,(H,21,27)(H,22,24,25,26). The molecule has 0 spiro atoms. The molecule has 0 saturated heterocycles. The van der Waals surface area contributed by atoms with E-state index in [0.29, 0.717) is 17.0 Å². The summed E-state index contributed by atoms with van der Waals surface area (Å²) in [5.74, 6) is -1.02. The first kappa shape index (κ1) is 21.1. The van der Waals surface area contributed by atoms with Crippen LogP contribution >= 0.6 is 0 Å². The van der Waals surface area contributed by atoms with Crippen molar-refractivity contribution in [2.45, 2.75) is 33.5 Å². The van der Waals surface area contributed by atoms with Crippen molar-refractivity contribution in [2.24, 2.45) is 0 Å². The molecule has 0 fully saturated rings. The van der Waals surface area contributed by atoms with Gasteiger partial charge in [-0.15, -0.1) is 0 Å². The Morgan fingerprint density at radius 2 is 1.86 bits per heavy atom. The third-order valence-electron chi connectivity index (χ3n) is 3.37. The fraction of sp³-hybridized carbons (Fsp3) is 0.353. The molecule has 0 aliphatic rings. The van der Waals surface area contributed by atoms with Gasteiger partial charge in [-0.2, -0.15) is 13.2 Å². The summed E-state index contributed by atoms with van der Waals surface area (Å²) in [6.45, 7) is 3.18. The lowest BCUT2D eigenvalue weighted by molar-refractivity contribution is -0.154. The lowest BCUT2D eigenvalue weighted by Gasteiger charge is -2.11. The summed E-state index contributed by atoms with van der Waals surface area (Å²) in [5.41, 5.74) is 1.57. The zero-order valence-electron chi connectivity index (χ0n) is 15.3. The maximum atomic E-state index is 12.3. The van der Waals surface area contributed by atoms with Gasteiger partial charge in [0.25, 0.3) is 5.91 Å². The van der Waals surface area contributed by atoms with E-state index in [1.165, 1.54) is 25.1 Å². The monoisotopic (exact) mass is 397 g/mol. The summed E-state index contributed by atoms with van der Waals surface area (Å²) < 4.78 is 41.1. The molecule has 11 heteroatoms. The number of aromatic nitrogens is 3. The highest BCUT2D eigenvalue weighted by Crippen LogP contribution is 2.18. The van der Waals surface area contributed by atoms with Crippen LogP contribution in [0.1, 0.15) is 34.4 Å².